The highest BCUT2D eigenvalue weighted by molar-refractivity contribution is 5.78. The van der Waals surface area contributed by atoms with Crippen molar-refractivity contribution in [3.8, 4) is 23.0 Å². The van der Waals surface area contributed by atoms with Crippen LogP contribution in [0.25, 0.3) is 0 Å². The average Bonchev–Trinajstić information content (AvgIpc) is 3.54. The van der Waals surface area contributed by atoms with E-state index in [0.717, 1.165) is 18.4 Å². The number of benzene rings is 2. The van der Waals surface area contributed by atoms with Gasteiger partial charge in [0.1, 0.15) is 6.61 Å². The Morgan fingerprint density at radius 3 is 2.55 bits per heavy atom. The second-order valence-corrected chi connectivity index (χ2v) is 9.37. The number of rotatable bonds is 13. The highest BCUT2D eigenvalue weighted by atomic mass is 16.7. The molecule has 2 heterocycles. The van der Waals surface area contributed by atoms with Crippen LogP contribution in [0.1, 0.15) is 38.2 Å². The molecule has 2 aliphatic rings. The van der Waals surface area contributed by atoms with Gasteiger partial charge in [-0.3, -0.25) is 19.3 Å². The van der Waals surface area contributed by atoms with Crippen LogP contribution >= 0.6 is 0 Å². The van der Waals surface area contributed by atoms with E-state index in [1.807, 2.05) is 43.0 Å². The molecule has 0 aliphatic carbocycles. The molecule has 10 heteroatoms. The molecule has 1 saturated heterocycles. The zero-order valence-corrected chi connectivity index (χ0v) is 22.1. The fraction of sp³-hybridized carbons (Fsp3) is 0.500. The fourth-order valence-electron chi connectivity index (χ4n) is 5.01. The lowest BCUT2D eigenvalue weighted by molar-refractivity contribution is -0.188. The zero-order chi connectivity index (χ0) is 27.1. The van der Waals surface area contributed by atoms with Gasteiger partial charge < -0.3 is 24.1 Å². The van der Waals surface area contributed by atoms with Gasteiger partial charge in [-0.25, -0.2) is 5.06 Å². The topological polar surface area (TPSA) is 107 Å². The molecule has 1 fully saturated rings. The molecule has 38 heavy (non-hydrogen) atoms. The molecule has 2 aromatic carbocycles. The number of carboxylic acid groups (broad SMARTS) is 1. The van der Waals surface area contributed by atoms with Crippen LogP contribution in [0.2, 0.25) is 0 Å². The molecule has 2 aromatic rings. The lowest BCUT2D eigenvalue weighted by Crippen LogP contribution is -2.46. The van der Waals surface area contributed by atoms with Crippen LogP contribution in [0, 0.1) is 5.92 Å². The Balaban J connectivity index is 1.62. The summed E-state index contributed by atoms with van der Waals surface area (Å²) in [6, 6.07) is 12.1. The monoisotopic (exact) mass is 528 g/mol. The number of methoxy groups -OCH3 is 1. The Bertz CT molecular complexity index is 1110. The van der Waals surface area contributed by atoms with Crippen LogP contribution in [0.3, 0.4) is 0 Å². The molecule has 0 spiro atoms. The molecule has 0 aromatic heterocycles. The van der Waals surface area contributed by atoms with Gasteiger partial charge in [-0.2, -0.15) is 0 Å². The van der Waals surface area contributed by atoms with E-state index in [0.29, 0.717) is 42.7 Å². The molecular weight excluding hydrogens is 492 g/mol. The SMILES string of the molecule is CCCON(CCC)C(=O)CN1C[C@H](c2ccc3c(c2)OCO3)C(C(=O)O)[C@@H]1COc1ccccc1OC. The Morgan fingerprint density at radius 1 is 1.08 bits per heavy atom. The Kier molecular flexibility index (Phi) is 9.30. The molecule has 206 valence electrons. The standard InChI is InChI=1S/C28H36N2O8/c1-4-12-30(38-13-5-2)26(31)16-29-15-20(19-10-11-24-25(14-19)37-18-36-24)27(28(32)33)21(29)17-35-23-9-7-6-8-22(23)34-3/h6-11,14,20-21,27H,4-5,12-13,15-18H2,1-3H3,(H,32,33)/t20-,21+,27?/m1/s1. The molecular formula is C28H36N2O8. The number of aliphatic carboxylic acids is 1. The first-order valence-electron chi connectivity index (χ1n) is 13.0. The van der Waals surface area contributed by atoms with Gasteiger partial charge in [0.25, 0.3) is 5.91 Å². The number of hydrogen-bond donors (Lipinski definition) is 1. The van der Waals surface area contributed by atoms with Crippen molar-refractivity contribution < 1.29 is 38.5 Å². The van der Waals surface area contributed by atoms with Crippen molar-refractivity contribution in [2.24, 2.45) is 5.92 Å². The van der Waals surface area contributed by atoms with Crippen molar-refractivity contribution in [1.29, 1.82) is 0 Å². The number of hydrogen-bond acceptors (Lipinski definition) is 8. The van der Waals surface area contributed by atoms with E-state index in [9.17, 15) is 14.7 Å². The van der Waals surface area contributed by atoms with E-state index >= 15 is 0 Å². The van der Waals surface area contributed by atoms with Gasteiger partial charge >= 0.3 is 5.97 Å². The van der Waals surface area contributed by atoms with Gasteiger partial charge in [-0.15, -0.1) is 0 Å². The third-order valence-corrected chi connectivity index (χ3v) is 6.83. The van der Waals surface area contributed by atoms with E-state index in [1.54, 1.807) is 25.3 Å². The zero-order valence-electron chi connectivity index (χ0n) is 22.1. The number of carbonyl (C=O) groups excluding carboxylic acids is 1. The molecule has 3 atom stereocenters. The van der Waals surface area contributed by atoms with E-state index in [1.165, 1.54) is 5.06 Å². The third-order valence-electron chi connectivity index (χ3n) is 6.83. The number of ether oxygens (including phenoxy) is 4. The number of nitrogens with zero attached hydrogens (tertiary/aromatic N) is 2. The van der Waals surface area contributed by atoms with Gasteiger partial charge in [-0.05, 0) is 42.7 Å². The summed E-state index contributed by atoms with van der Waals surface area (Å²) in [6.45, 7) is 5.42. The number of carbonyl (C=O) groups is 2. The first-order valence-corrected chi connectivity index (χ1v) is 13.0. The number of likely N-dealkylation sites (tertiary alicyclic amines) is 1. The van der Waals surface area contributed by atoms with Gasteiger partial charge in [-0.1, -0.05) is 32.0 Å². The van der Waals surface area contributed by atoms with Gasteiger partial charge in [0, 0.05) is 19.0 Å². The molecule has 0 radical (unpaired) electrons. The van der Waals surface area contributed by atoms with Crippen LogP contribution in [0.15, 0.2) is 42.5 Å². The second kappa shape index (κ2) is 12.8. The third kappa shape index (κ3) is 6.14. The normalized spacial score (nSPS) is 20.3. The quantitative estimate of drug-likeness (QED) is 0.391. The summed E-state index contributed by atoms with van der Waals surface area (Å²) < 4.78 is 22.5. The molecule has 10 nitrogen and oxygen atoms in total. The van der Waals surface area contributed by atoms with E-state index < -0.39 is 23.8 Å². The smallest absolute Gasteiger partial charge is 0.308 e. The molecule has 0 bridgehead atoms. The summed E-state index contributed by atoms with van der Waals surface area (Å²) in [6.07, 6.45) is 1.52. The number of amides is 1. The Hall–Kier alpha value is -3.50. The lowest BCUT2D eigenvalue weighted by atomic mass is 9.85. The van der Waals surface area contributed by atoms with Gasteiger partial charge in [0.15, 0.2) is 23.0 Å². The second-order valence-electron chi connectivity index (χ2n) is 9.37. The first kappa shape index (κ1) is 27.5. The summed E-state index contributed by atoms with van der Waals surface area (Å²) in [4.78, 5) is 33.6. The number of carboxylic acids is 1. The molecule has 1 N–H and O–H groups in total. The molecule has 1 amide bonds. The molecule has 0 saturated carbocycles. The summed E-state index contributed by atoms with van der Waals surface area (Å²) >= 11 is 0. The number of para-hydroxylation sites is 2. The highest BCUT2D eigenvalue weighted by Crippen LogP contribution is 2.42. The lowest BCUT2D eigenvalue weighted by Gasteiger charge is -2.29. The Labute approximate surface area is 222 Å². The van der Waals surface area contributed by atoms with Crippen LogP contribution < -0.4 is 18.9 Å². The van der Waals surface area contributed by atoms with Crippen molar-refractivity contribution in [2.45, 2.75) is 38.6 Å². The van der Waals surface area contributed by atoms with E-state index in [2.05, 4.69) is 0 Å². The van der Waals surface area contributed by atoms with Crippen molar-refractivity contribution in [3.05, 3.63) is 48.0 Å². The summed E-state index contributed by atoms with van der Waals surface area (Å²) in [5.74, 6) is -0.103. The molecule has 4 rings (SSSR count). The first-order chi connectivity index (χ1) is 18.5. The maximum absolute atomic E-state index is 13.3. The minimum Gasteiger partial charge on any atom is -0.493 e. The predicted octanol–water partition coefficient (Wildman–Crippen LogP) is 3.55. The number of fused-ring (bicyclic) bond motifs is 1. The predicted molar refractivity (Wildman–Crippen MR) is 139 cm³/mol. The maximum atomic E-state index is 13.3. The fourth-order valence-corrected chi connectivity index (χ4v) is 5.01. The number of hydroxylamine groups is 2. The van der Waals surface area contributed by atoms with Crippen LogP contribution in [-0.4, -0.2) is 79.7 Å². The van der Waals surface area contributed by atoms with Crippen molar-refractivity contribution in [1.82, 2.24) is 9.96 Å². The van der Waals surface area contributed by atoms with Gasteiger partial charge in [0.2, 0.25) is 6.79 Å². The summed E-state index contributed by atoms with van der Waals surface area (Å²) in [5.41, 5.74) is 0.812. The largest absolute Gasteiger partial charge is 0.493 e. The van der Waals surface area contributed by atoms with Crippen LogP contribution in [0.4, 0.5) is 0 Å². The Morgan fingerprint density at radius 2 is 1.84 bits per heavy atom. The van der Waals surface area contributed by atoms with Crippen molar-refractivity contribution in [3.63, 3.8) is 0 Å². The van der Waals surface area contributed by atoms with Crippen molar-refractivity contribution in [2.75, 3.05) is 46.8 Å². The molecule has 1 unspecified atom stereocenters. The summed E-state index contributed by atoms with van der Waals surface area (Å²) in [5, 5.41) is 11.8. The minimum atomic E-state index is -0.955. The highest BCUT2D eigenvalue weighted by Gasteiger charge is 2.48. The average molecular weight is 529 g/mol. The van der Waals surface area contributed by atoms with Crippen molar-refractivity contribution >= 4 is 11.9 Å². The minimum absolute atomic E-state index is 0.00843. The van der Waals surface area contributed by atoms with E-state index in [-0.39, 0.29) is 25.9 Å². The van der Waals surface area contributed by atoms with Crippen LogP contribution in [0.5, 0.6) is 23.0 Å². The maximum Gasteiger partial charge on any atom is 0.308 e. The summed E-state index contributed by atoms with van der Waals surface area (Å²) in [7, 11) is 1.55. The van der Waals surface area contributed by atoms with E-state index in [4.69, 9.17) is 23.8 Å². The van der Waals surface area contributed by atoms with Crippen LogP contribution in [-0.2, 0) is 14.4 Å². The molecule has 2 aliphatic heterocycles. The van der Waals surface area contributed by atoms with Gasteiger partial charge in [0.05, 0.1) is 32.2 Å².